The molecule has 3 saturated carbocycles. The number of methoxy groups -OCH3 is 2. The number of likely N-dealkylation sites (tertiary alicyclic amines) is 1. The van der Waals surface area contributed by atoms with Gasteiger partial charge in [0.25, 0.3) is 0 Å². The molecule has 1 unspecified atom stereocenters. The summed E-state index contributed by atoms with van der Waals surface area (Å²) in [5, 5.41) is 11.4. The molecule has 0 radical (unpaired) electrons. The summed E-state index contributed by atoms with van der Waals surface area (Å²) in [5.41, 5.74) is 5.54. The van der Waals surface area contributed by atoms with Crippen molar-refractivity contribution in [2.45, 2.75) is 82.1 Å². The number of hydrogen-bond donors (Lipinski definition) is 5. The van der Waals surface area contributed by atoms with Gasteiger partial charge in [-0.3, -0.25) is 9.59 Å². The lowest BCUT2D eigenvalue weighted by Gasteiger charge is -2.35. The zero-order chi connectivity index (χ0) is 45.4. The summed E-state index contributed by atoms with van der Waals surface area (Å²) < 4.78 is 20.8. The van der Waals surface area contributed by atoms with Gasteiger partial charge in [-0.05, 0) is 120 Å². The zero-order valence-electron chi connectivity index (χ0n) is 37.2. The Morgan fingerprint density at radius 1 is 0.818 bits per heavy atom. The van der Waals surface area contributed by atoms with Crippen molar-refractivity contribution >= 4 is 57.4 Å². The van der Waals surface area contributed by atoms with Crippen LogP contribution in [0.25, 0.3) is 44.2 Å². The summed E-state index contributed by atoms with van der Waals surface area (Å²) in [5.74, 6) is 2.45. The predicted molar refractivity (Wildman–Crippen MR) is 244 cm³/mol. The Balaban J connectivity index is 0.750. The highest BCUT2D eigenvalue weighted by Gasteiger charge is 2.83. The number of aromatic amines is 2. The number of halogens is 1. The van der Waals surface area contributed by atoms with Crippen LogP contribution >= 0.6 is 11.6 Å². The summed E-state index contributed by atoms with van der Waals surface area (Å²) in [6, 6.07) is 17.5. The number of alkyl carbamates (subject to hydrolysis) is 2. The van der Waals surface area contributed by atoms with E-state index in [0.717, 1.165) is 63.6 Å². The fourth-order valence-electron chi connectivity index (χ4n) is 11.7. The largest absolute Gasteiger partial charge is 0.453 e. The number of piperidine rings is 1. The number of carbonyl (C=O) groups excluding carboxylic acids is 4. The lowest BCUT2D eigenvalue weighted by atomic mass is 9.90. The minimum Gasteiger partial charge on any atom is -0.453 e. The number of carbonyl (C=O) groups is 4. The molecule has 5 aromatic rings. The smallest absolute Gasteiger partial charge is 0.407 e. The van der Waals surface area contributed by atoms with Crippen molar-refractivity contribution in [2.75, 3.05) is 40.6 Å². The topological polar surface area (TPSA) is 202 Å². The number of nitrogens with zero attached hydrogens (tertiary/aromatic N) is 3. The molecule has 5 N–H and O–H groups in total. The molecule has 66 heavy (non-hydrogen) atoms. The van der Waals surface area contributed by atoms with Gasteiger partial charge in [0.2, 0.25) is 11.8 Å². The Hall–Kier alpha value is -5.71. The van der Waals surface area contributed by atoms with Crippen molar-refractivity contribution in [2.24, 2.45) is 35.0 Å². The van der Waals surface area contributed by atoms with Crippen LogP contribution in [0.1, 0.15) is 63.1 Å². The van der Waals surface area contributed by atoms with Crippen LogP contribution in [0.2, 0.25) is 5.15 Å². The number of benzene rings is 3. The molecule has 5 heterocycles. The van der Waals surface area contributed by atoms with Crippen LogP contribution in [0.15, 0.2) is 54.6 Å². The van der Waals surface area contributed by atoms with Crippen molar-refractivity contribution in [3.8, 4) is 22.4 Å². The maximum Gasteiger partial charge on any atom is 0.407 e. The fourth-order valence-corrected chi connectivity index (χ4v) is 11.9. The number of amides is 4. The number of rotatable bonds is 12. The number of fused-ring (bicyclic) bond motifs is 4. The van der Waals surface area contributed by atoms with E-state index >= 15 is 0 Å². The number of ether oxygens (including phenoxy) is 4. The molecule has 4 amide bonds. The number of nitrogens with one attached hydrogen (secondary N) is 5. The number of hydrogen-bond acceptors (Lipinski definition) is 10. The second-order valence-electron chi connectivity index (χ2n) is 19.4. The van der Waals surface area contributed by atoms with Gasteiger partial charge in [-0.2, -0.15) is 0 Å². The van der Waals surface area contributed by atoms with Crippen LogP contribution < -0.4 is 16.0 Å². The second-order valence-corrected chi connectivity index (χ2v) is 19.7. The molecular formula is C49H55ClN8O8. The minimum absolute atomic E-state index is 0.00392. The van der Waals surface area contributed by atoms with E-state index < -0.39 is 24.3 Å². The van der Waals surface area contributed by atoms with E-state index in [1.807, 2.05) is 11.0 Å². The average Bonchev–Trinajstić information content (AvgIpc) is 4.18. The molecule has 3 aliphatic heterocycles. The van der Waals surface area contributed by atoms with Crippen molar-refractivity contribution in [3.63, 3.8) is 0 Å². The minimum atomic E-state index is -0.710. The first-order valence-corrected chi connectivity index (χ1v) is 23.7. The Morgan fingerprint density at radius 2 is 1.42 bits per heavy atom. The summed E-state index contributed by atoms with van der Waals surface area (Å²) >= 11 is 6.88. The van der Waals surface area contributed by atoms with Crippen LogP contribution in [0.3, 0.4) is 0 Å². The molecule has 9 atom stereocenters. The number of imidazole rings is 2. The Labute approximate surface area is 386 Å². The molecule has 0 spiro atoms. The van der Waals surface area contributed by atoms with Gasteiger partial charge in [0.15, 0.2) is 0 Å². The first kappa shape index (κ1) is 42.9. The van der Waals surface area contributed by atoms with Gasteiger partial charge in [0.1, 0.15) is 34.6 Å². The molecule has 11 rings (SSSR count). The summed E-state index contributed by atoms with van der Waals surface area (Å²) in [4.78, 5) is 71.0. The highest BCUT2D eigenvalue weighted by Crippen LogP contribution is 2.80. The molecule has 6 aliphatic rings. The van der Waals surface area contributed by atoms with Gasteiger partial charge >= 0.3 is 12.2 Å². The Bertz CT molecular complexity index is 2730. The van der Waals surface area contributed by atoms with E-state index in [1.165, 1.54) is 14.2 Å². The second kappa shape index (κ2) is 16.9. The van der Waals surface area contributed by atoms with Crippen LogP contribution in [0, 0.1) is 35.0 Å². The standard InChI is InChI=1S/C49H55ClN8O8/c1-49-32(38(49)42(49)56-45(59)40(54-47(61)63-2)24-10-14-65-15-11-24)23-37-51-33-9-8-29(20-34(33)52-37)27-4-5-28-19-30(7-6-26(28)18-27)39-43(50)57-44(53-39)36-22-31-21-35(31)58(36)46(60)41(55-48(62)64-3)25-12-16-66-17-13-25/h4-9,18-20,24-25,31-32,35-36,38,40-42H,10-17,21-23H2,1-3H3,(H,51,52)(H,53,57)(H,54,61)(H,55,62)(H,56,59)/t31-,32?,35-,36+,38-,40+,41+,42+,49-/m1/s1. The van der Waals surface area contributed by atoms with Crippen LogP contribution in [0.4, 0.5) is 9.59 Å². The van der Waals surface area contributed by atoms with Crippen LogP contribution in [-0.2, 0) is 35.0 Å². The van der Waals surface area contributed by atoms with Gasteiger partial charge in [-0.1, -0.05) is 48.9 Å². The Kier molecular flexibility index (Phi) is 11.0. The molecule has 346 valence electrons. The average molecular weight is 919 g/mol. The van der Waals surface area contributed by atoms with E-state index in [-0.39, 0.29) is 47.2 Å². The molecule has 3 aromatic carbocycles. The molecular weight excluding hydrogens is 864 g/mol. The van der Waals surface area contributed by atoms with E-state index in [0.29, 0.717) is 86.5 Å². The van der Waals surface area contributed by atoms with Gasteiger partial charge in [-0.25, -0.2) is 19.6 Å². The van der Waals surface area contributed by atoms with Crippen molar-refractivity contribution in [1.82, 2.24) is 40.8 Å². The van der Waals surface area contributed by atoms with Gasteiger partial charge in [-0.15, -0.1) is 0 Å². The third-order valence-corrected chi connectivity index (χ3v) is 16.0. The number of aromatic nitrogens is 4. The SMILES string of the molecule is COC(=O)N[C@H](C(=O)N[C@H]1[C@H]2C(Cc3nc4ccc(-c5ccc6cc(-c7nc([C@@H]8C[C@H]9C[C@H]9N8C(=O)[C@@H](NC(=O)OC)C8CCOCC8)[nH]c7Cl)ccc6c5)cc4[nH]3)[C@]21C)C1CCOCC1. The van der Waals surface area contributed by atoms with Crippen LogP contribution in [-0.4, -0.2) is 114 Å². The van der Waals surface area contributed by atoms with Gasteiger partial charge in [0, 0.05) is 50.5 Å². The molecule has 3 saturated heterocycles. The number of H-pyrrole nitrogens is 2. The first-order valence-electron chi connectivity index (χ1n) is 23.3. The molecule has 17 heteroatoms. The van der Waals surface area contributed by atoms with Crippen LogP contribution in [0.5, 0.6) is 0 Å². The van der Waals surface area contributed by atoms with E-state index in [4.69, 9.17) is 40.5 Å². The van der Waals surface area contributed by atoms with Crippen molar-refractivity contribution < 1.29 is 38.1 Å². The Morgan fingerprint density at radius 3 is 2.11 bits per heavy atom. The molecule has 2 aromatic heterocycles. The third kappa shape index (κ3) is 7.73. The third-order valence-electron chi connectivity index (χ3n) is 15.7. The monoisotopic (exact) mass is 918 g/mol. The maximum atomic E-state index is 14.3. The summed E-state index contributed by atoms with van der Waals surface area (Å²) in [6.45, 7) is 4.47. The first-order chi connectivity index (χ1) is 32.0. The molecule has 3 aliphatic carbocycles. The lowest BCUT2D eigenvalue weighted by molar-refractivity contribution is -0.138. The van der Waals surface area contributed by atoms with Gasteiger partial charge < -0.3 is 49.8 Å². The quantitative estimate of drug-likeness (QED) is 0.0899. The zero-order valence-corrected chi connectivity index (χ0v) is 38.0. The highest BCUT2D eigenvalue weighted by molar-refractivity contribution is 6.32. The van der Waals surface area contributed by atoms with E-state index in [1.54, 1.807) is 0 Å². The molecule has 6 fully saturated rings. The predicted octanol–water partition coefficient (Wildman–Crippen LogP) is 6.68. The van der Waals surface area contributed by atoms with E-state index in [9.17, 15) is 19.2 Å². The normalized spacial score (nSPS) is 27.7. The molecule has 16 nitrogen and oxygen atoms in total. The van der Waals surface area contributed by atoms with Gasteiger partial charge in [0.05, 0.1) is 31.3 Å². The van der Waals surface area contributed by atoms with E-state index in [2.05, 4.69) is 81.4 Å². The summed E-state index contributed by atoms with van der Waals surface area (Å²) in [6.07, 6.45) is 4.08. The highest BCUT2D eigenvalue weighted by atomic mass is 35.5. The molecule has 0 bridgehead atoms. The lowest BCUT2D eigenvalue weighted by Crippen LogP contribution is -2.54. The maximum absolute atomic E-state index is 14.3. The van der Waals surface area contributed by atoms with Crippen molar-refractivity contribution in [1.29, 1.82) is 0 Å². The van der Waals surface area contributed by atoms with Crippen molar-refractivity contribution in [3.05, 3.63) is 71.4 Å². The summed E-state index contributed by atoms with van der Waals surface area (Å²) in [7, 11) is 2.62. The fraction of sp³-hybridized carbons (Fsp3) is 0.510.